The van der Waals surface area contributed by atoms with Crippen molar-refractivity contribution in [1.82, 2.24) is 0 Å². The van der Waals surface area contributed by atoms with Crippen molar-refractivity contribution in [2.24, 2.45) is 5.92 Å². The zero-order valence-electron chi connectivity index (χ0n) is 12.8. The molecule has 0 saturated heterocycles. The van der Waals surface area contributed by atoms with Gasteiger partial charge in [0.1, 0.15) is 5.78 Å². The highest BCUT2D eigenvalue weighted by molar-refractivity contribution is 7.98. The first-order valence-corrected chi connectivity index (χ1v) is 9.12. The molecule has 22 heavy (non-hydrogen) atoms. The molecular weight excluding hydrogens is 288 g/mol. The highest BCUT2D eigenvalue weighted by atomic mass is 32.2. The SMILES string of the molecule is O=C1CCCC[C@H]1[C@@H](SCc1ccccc1)c1ccccc1. The zero-order valence-corrected chi connectivity index (χ0v) is 13.6. The van der Waals surface area contributed by atoms with Crippen molar-refractivity contribution in [3.63, 3.8) is 0 Å². The minimum Gasteiger partial charge on any atom is -0.299 e. The predicted molar refractivity (Wildman–Crippen MR) is 93.9 cm³/mol. The first-order chi connectivity index (χ1) is 10.8. The molecule has 2 aromatic carbocycles. The van der Waals surface area contributed by atoms with E-state index < -0.39 is 0 Å². The van der Waals surface area contributed by atoms with Crippen LogP contribution in [0, 0.1) is 5.92 Å². The lowest BCUT2D eigenvalue weighted by Crippen LogP contribution is -2.24. The van der Waals surface area contributed by atoms with E-state index in [-0.39, 0.29) is 11.2 Å². The fourth-order valence-electron chi connectivity index (χ4n) is 3.18. The number of benzene rings is 2. The molecule has 0 amide bonds. The topological polar surface area (TPSA) is 17.1 Å². The molecule has 2 atom stereocenters. The van der Waals surface area contributed by atoms with Gasteiger partial charge in [-0.25, -0.2) is 0 Å². The van der Waals surface area contributed by atoms with Gasteiger partial charge in [-0.1, -0.05) is 67.1 Å². The van der Waals surface area contributed by atoms with E-state index in [1.165, 1.54) is 17.5 Å². The fourth-order valence-corrected chi connectivity index (χ4v) is 4.61. The number of carbonyl (C=O) groups is 1. The molecule has 0 radical (unpaired) electrons. The van der Waals surface area contributed by atoms with E-state index in [1.807, 2.05) is 23.9 Å². The van der Waals surface area contributed by atoms with Crippen LogP contribution in [0.15, 0.2) is 60.7 Å². The summed E-state index contributed by atoms with van der Waals surface area (Å²) in [6.07, 6.45) is 4.06. The fraction of sp³-hybridized carbons (Fsp3) is 0.350. The zero-order chi connectivity index (χ0) is 15.2. The molecule has 1 aliphatic carbocycles. The summed E-state index contributed by atoms with van der Waals surface area (Å²) in [6.45, 7) is 0. The second kappa shape index (κ2) is 7.64. The molecule has 3 rings (SSSR count). The van der Waals surface area contributed by atoms with Crippen LogP contribution in [0.4, 0.5) is 0 Å². The molecule has 0 bridgehead atoms. The summed E-state index contributed by atoms with van der Waals surface area (Å²) in [5, 5.41) is 0.286. The molecule has 2 heteroatoms. The number of ketones is 1. The lowest BCUT2D eigenvalue weighted by atomic mass is 9.83. The summed E-state index contributed by atoms with van der Waals surface area (Å²) in [5.41, 5.74) is 2.63. The Morgan fingerprint density at radius 3 is 2.32 bits per heavy atom. The van der Waals surface area contributed by atoms with Crippen LogP contribution in [0.3, 0.4) is 0 Å². The normalized spacial score (nSPS) is 19.8. The van der Waals surface area contributed by atoms with Gasteiger partial charge in [-0.3, -0.25) is 4.79 Å². The van der Waals surface area contributed by atoms with Crippen molar-refractivity contribution >= 4 is 17.5 Å². The van der Waals surface area contributed by atoms with E-state index >= 15 is 0 Å². The molecule has 1 saturated carbocycles. The van der Waals surface area contributed by atoms with Gasteiger partial charge in [0.2, 0.25) is 0 Å². The van der Waals surface area contributed by atoms with Crippen LogP contribution in [0.1, 0.15) is 42.1 Å². The number of Topliss-reactive ketones (excluding diaryl/α,β-unsaturated/α-hetero) is 1. The third-order valence-corrected chi connectivity index (χ3v) is 5.83. The summed E-state index contributed by atoms with van der Waals surface area (Å²) < 4.78 is 0. The van der Waals surface area contributed by atoms with Crippen LogP contribution in [-0.2, 0) is 10.5 Å². The Bertz CT molecular complexity index is 594. The van der Waals surface area contributed by atoms with Gasteiger partial charge in [0.05, 0.1) is 0 Å². The van der Waals surface area contributed by atoms with Crippen LogP contribution < -0.4 is 0 Å². The van der Waals surface area contributed by atoms with Crippen molar-refractivity contribution in [3.05, 3.63) is 71.8 Å². The minimum atomic E-state index is 0.185. The van der Waals surface area contributed by atoms with Crippen LogP contribution in [-0.4, -0.2) is 5.78 Å². The molecule has 1 aliphatic rings. The number of thioether (sulfide) groups is 1. The average molecular weight is 310 g/mol. The quantitative estimate of drug-likeness (QED) is 0.733. The van der Waals surface area contributed by atoms with Crippen molar-refractivity contribution < 1.29 is 4.79 Å². The maximum absolute atomic E-state index is 12.4. The van der Waals surface area contributed by atoms with Gasteiger partial charge in [0, 0.05) is 23.3 Å². The van der Waals surface area contributed by atoms with E-state index in [0.717, 1.165) is 25.0 Å². The Labute approximate surface area is 137 Å². The van der Waals surface area contributed by atoms with Crippen molar-refractivity contribution in [2.45, 2.75) is 36.7 Å². The molecule has 0 aromatic heterocycles. The van der Waals surface area contributed by atoms with Crippen LogP contribution >= 0.6 is 11.8 Å². The Kier molecular flexibility index (Phi) is 5.33. The molecule has 0 unspecified atom stereocenters. The predicted octanol–water partition coefficient (Wildman–Crippen LogP) is 5.42. The maximum Gasteiger partial charge on any atom is 0.137 e. The van der Waals surface area contributed by atoms with Gasteiger partial charge in [0.25, 0.3) is 0 Å². The van der Waals surface area contributed by atoms with Gasteiger partial charge >= 0.3 is 0 Å². The molecule has 114 valence electrons. The highest BCUT2D eigenvalue weighted by Gasteiger charge is 2.31. The smallest absolute Gasteiger partial charge is 0.137 e. The number of hydrogen-bond acceptors (Lipinski definition) is 2. The lowest BCUT2D eigenvalue weighted by Gasteiger charge is -2.29. The number of rotatable bonds is 5. The van der Waals surface area contributed by atoms with Crippen LogP contribution in [0.25, 0.3) is 0 Å². The molecule has 1 nitrogen and oxygen atoms in total. The average Bonchev–Trinajstić information content (AvgIpc) is 2.58. The van der Waals surface area contributed by atoms with Crippen molar-refractivity contribution in [1.29, 1.82) is 0 Å². The Morgan fingerprint density at radius 1 is 0.955 bits per heavy atom. The number of carbonyl (C=O) groups excluding carboxylic acids is 1. The standard InChI is InChI=1S/C20H22OS/c21-19-14-8-7-13-18(19)20(17-11-5-2-6-12-17)22-15-16-9-3-1-4-10-16/h1-6,9-12,18,20H,7-8,13-15H2/t18-,20+/m1/s1. The Morgan fingerprint density at radius 2 is 1.64 bits per heavy atom. The van der Waals surface area contributed by atoms with E-state index in [0.29, 0.717) is 5.78 Å². The summed E-state index contributed by atoms with van der Waals surface area (Å²) in [5.74, 6) is 1.61. The maximum atomic E-state index is 12.4. The van der Waals surface area contributed by atoms with E-state index in [9.17, 15) is 4.79 Å². The highest BCUT2D eigenvalue weighted by Crippen LogP contribution is 2.42. The second-order valence-electron chi connectivity index (χ2n) is 5.95. The molecule has 0 aliphatic heterocycles. The summed E-state index contributed by atoms with van der Waals surface area (Å²) in [4.78, 5) is 12.4. The van der Waals surface area contributed by atoms with Crippen molar-refractivity contribution in [3.8, 4) is 0 Å². The van der Waals surface area contributed by atoms with Gasteiger partial charge in [-0.05, 0) is 24.0 Å². The second-order valence-corrected chi connectivity index (χ2v) is 7.08. The summed E-state index contributed by atoms with van der Waals surface area (Å²) in [7, 11) is 0. The first kappa shape index (κ1) is 15.4. The van der Waals surface area contributed by atoms with E-state index in [2.05, 4.69) is 48.5 Å². The number of hydrogen-bond donors (Lipinski definition) is 0. The minimum absolute atomic E-state index is 0.185. The summed E-state index contributed by atoms with van der Waals surface area (Å²) >= 11 is 1.92. The molecule has 0 spiro atoms. The van der Waals surface area contributed by atoms with E-state index in [1.54, 1.807) is 0 Å². The summed E-state index contributed by atoms with van der Waals surface area (Å²) in [6, 6.07) is 21.1. The monoisotopic (exact) mass is 310 g/mol. The molecule has 1 fully saturated rings. The van der Waals surface area contributed by atoms with Gasteiger partial charge < -0.3 is 0 Å². The van der Waals surface area contributed by atoms with Crippen LogP contribution in [0.2, 0.25) is 0 Å². The Balaban J connectivity index is 1.78. The largest absolute Gasteiger partial charge is 0.299 e. The third-order valence-electron chi connectivity index (χ3n) is 4.37. The Hall–Kier alpha value is -1.54. The van der Waals surface area contributed by atoms with Crippen LogP contribution in [0.5, 0.6) is 0 Å². The van der Waals surface area contributed by atoms with Gasteiger partial charge in [-0.2, -0.15) is 0 Å². The molecule has 2 aromatic rings. The molecular formula is C20H22OS. The third kappa shape index (κ3) is 3.80. The lowest BCUT2D eigenvalue weighted by molar-refractivity contribution is -0.124. The molecule has 0 heterocycles. The first-order valence-electron chi connectivity index (χ1n) is 8.08. The van der Waals surface area contributed by atoms with Crippen molar-refractivity contribution in [2.75, 3.05) is 0 Å². The van der Waals surface area contributed by atoms with Gasteiger partial charge in [-0.15, -0.1) is 11.8 Å². The van der Waals surface area contributed by atoms with E-state index in [4.69, 9.17) is 0 Å². The van der Waals surface area contributed by atoms with Gasteiger partial charge in [0.15, 0.2) is 0 Å². The molecule has 0 N–H and O–H groups in total.